The average Bonchev–Trinajstić information content (AvgIpc) is 3.16. The van der Waals surface area contributed by atoms with Gasteiger partial charge in [-0.1, -0.05) is 29.8 Å². The van der Waals surface area contributed by atoms with Crippen molar-refractivity contribution >= 4 is 44.4 Å². The number of carbonyl (C=O) groups is 2. The van der Waals surface area contributed by atoms with Crippen LogP contribution in [0.25, 0.3) is 11.0 Å². The van der Waals surface area contributed by atoms with Crippen LogP contribution in [0.4, 0.5) is 5.69 Å². The zero-order valence-corrected chi connectivity index (χ0v) is 15.9. The molecule has 1 fully saturated rings. The zero-order valence-electron chi connectivity index (χ0n) is 14.3. The predicted molar refractivity (Wildman–Crippen MR) is 100 cm³/mol. The minimum absolute atomic E-state index is 0.0228. The maximum atomic E-state index is 13.0. The number of nitrogens with zero attached hydrogens (tertiary/aromatic N) is 1. The highest BCUT2D eigenvalue weighted by molar-refractivity contribution is 9.10. The standard InChI is InChI=1S/C18H22BrN3O3/c1-10(2)15(22-7-3-4-8-22)18(24)21-14-12-9-11(19)5-6-13(12)25-16(14)17(20)23/h5-6,9-10,15H,3-4,7-8H2,1-2H3,(H2,20,23)(H,21,24). The lowest BCUT2D eigenvalue weighted by Gasteiger charge is -2.29. The Bertz CT molecular complexity index is 809. The topological polar surface area (TPSA) is 88.6 Å². The van der Waals surface area contributed by atoms with Gasteiger partial charge in [-0.3, -0.25) is 14.5 Å². The van der Waals surface area contributed by atoms with E-state index in [9.17, 15) is 9.59 Å². The molecule has 0 saturated carbocycles. The summed E-state index contributed by atoms with van der Waals surface area (Å²) in [7, 11) is 0. The van der Waals surface area contributed by atoms with E-state index in [0.29, 0.717) is 16.7 Å². The summed E-state index contributed by atoms with van der Waals surface area (Å²) in [4.78, 5) is 27.0. The Labute approximate surface area is 154 Å². The Hall–Kier alpha value is -1.86. The van der Waals surface area contributed by atoms with Gasteiger partial charge in [0.1, 0.15) is 11.3 Å². The summed E-state index contributed by atoms with van der Waals surface area (Å²) in [6.45, 7) is 5.89. The van der Waals surface area contributed by atoms with Crippen molar-refractivity contribution in [3.63, 3.8) is 0 Å². The number of carbonyl (C=O) groups excluding carboxylic acids is 2. The van der Waals surface area contributed by atoms with Gasteiger partial charge in [-0.05, 0) is 50.0 Å². The van der Waals surface area contributed by atoms with Crippen molar-refractivity contribution < 1.29 is 14.0 Å². The molecule has 1 saturated heterocycles. The van der Waals surface area contributed by atoms with Crippen molar-refractivity contribution in [1.82, 2.24) is 4.90 Å². The summed E-state index contributed by atoms with van der Waals surface area (Å²) in [5.41, 5.74) is 6.30. The Balaban J connectivity index is 1.97. The minimum atomic E-state index is -0.704. The highest BCUT2D eigenvalue weighted by atomic mass is 79.9. The molecule has 7 heteroatoms. The summed E-state index contributed by atoms with van der Waals surface area (Å²) >= 11 is 3.41. The molecule has 1 aromatic heterocycles. The van der Waals surface area contributed by atoms with Gasteiger partial charge in [0.2, 0.25) is 11.7 Å². The van der Waals surface area contributed by atoms with Crippen LogP contribution in [0.15, 0.2) is 27.1 Å². The monoisotopic (exact) mass is 407 g/mol. The average molecular weight is 408 g/mol. The van der Waals surface area contributed by atoms with E-state index in [4.69, 9.17) is 10.2 Å². The maximum Gasteiger partial charge on any atom is 0.286 e. The number of nitrogens with two attached hydrogens (primary N) is 1. The van der Waals surface area contributed by atoms with E-state index >= 15 is 0 Å². The molecule has 0 aliphatic carbocycles. The number of halogens is 1. The van der Waals surface area contributed by atoms with Crippen LogP contribution in [-0.4, -0.2) is 35.8 Å². The van der Waals surface area contributed by atoms with Crippen LogP contribution in [0.1, 0.15) is 37.2 Å². The third-order valence-corrected chi connectivity index (χ3v) is 5.05. The van der Waals surface area contributed by atoms with E-state index in [1.165, 1.54) is 0 Å². The number of fused-ring (bicyclic) bond motifs is 1. The Morgan fingerprint density at radius 3 is 2.56 bits per heavy atom. The SMILES string of the molecule is CC(C)C(C(=O)Nc1c(C(N)=O)oc2ccc(Br)cc12)N1CCCC1. The molecular formula is C18H22BrN3O3. The quantitative estimate of drug-likeness (QED) is 0.794. The van der Waals surface area contributed by atoms with Gasteiger partial charge in [-0.15, -0.1) is 0 Å². The lowest BCUT2D eigenvalue weighted by atomic mass is 10.0. The molecule has 6 nitrogen and oxygen atoms in total. The fourth-order valence-electron chi connectivity index (χ4n) is 3.47. The lowest BCUT2D eigenvalue weighted by molar-refractivity contribution is -0.122. The molecule has 3 N–H and O–H groups in total. The van der Waals surface area contributed by atoms with Crippen LogP contribution in [0, 0.1) is 5.92 Å². The van der Waals surface area contributed by atoms with Crippen molar-refractivity contribution in [2.24, 2.45) is 11.7 Å². The van der Waals surface area contributed by atoms with Gasteiger partial charge in [0.25, 0.3) is 5.91 Å². The second-order valence-electron chi connectivity index (χ2n) is 6.73. The molecule has 2 heterocycles. The van der Waals surface area contributed by atoms with Gasteiger partial charge in [-0.25, -0.2) is 0 Å². The molecule has 0 bridgehead atoms. The first-order chi connectivity index (χ1) is 11.9. The van der Waals surface area contributed by atoms with Crippen molar-refractivity contribution in [3.05, 3.63) is 28.4 Å². The number of rotatable bonds is 5. The van der Waals surface area contributed by atoms with Gasteiger partial charge >= 0.3 is 0 Å². The van der Waals surface area contributed by atoms with E-state index in [1.807, 2.05) is 19.9 Å². The number of likely N-dealkylation sites (tertiary alicyclic amines) is 1. The smallest absolute Gasteiger partial charge is 0.286 e. The van der Waals surface area contributed by atoms with Gasteiger partial charge in [-0.2, -0.15) is 0 Å². The first-order valence-electron chi connectivity index (χ1n) is 8.45. The number of benzene rings is 1. The molecule has 1 aliphatic heterocycles. The van der Waals surface area contributed by atoms with Gasteiger partial charge in [0.05, 0.1) is 6.04 Å². The summed E-state index contributed by atoms with van der Waals surface area (Å²) in [5.74, 6) is -0.711. The van der Waals surface area contributed by atoms with Crippen LogP contribution >= 0.6 is 15.9 Å². The highest BCUT2D eigenvalue weighted by Crippen LogP contribution is 2.33. The number of anilines is 1. The number of hydrogen-bond donors (Lipinski definition) is 2. The Kier molecular flexibility index (Phi) is 5.15. The molecule has 0 spiro atoms. The number of nitrogens with one attached hydrogen (secondary N) is 1. The zero-order chi connectivity index (χ0) is 18.1. The maximum absolute atomic E-state index is 13.0. The molecule has 0 radical (unpaired) electrons. The third-order valence-electron chi connectivity index (χ3n) is 4.56. The Morgan fingerprint density at radius 1 is 1.28 bits per heavy atom. The van der Waals surface area contributed by atoms with Crippen LogP contribution in [0.5, 0.6) is 0 Å². The summed E-state index contributed by atoms with van der Waals surface area (Å²) in [6.07, 6.45) is 2.20. The second kappa shape index (κ2) is 7.17. The first-order valence-corrected chi connectivity index (χ1v) is 9.24. The molecule has 2 amide bonds. The van der Waals surface area contributed by atoms with E-state index in [0.717, 1.165) is 30.4 Å². The fourth-order valence-corrected chi connectivity index (χ4v) is 3.84. The summed E-state index contributed by atoms with van der Waals surface area (Å²) in [5, 5.41) is 3.56. The minimum Gasteiger partial charge on any atom is -0.449 e. The van der Waals surface area contributed by atoms with Crippen molar-refractivity contribution in [1.29, 1.82) is 0 Å². The van der Waals surface area contributed by atoms with Crippen LogP contribution < -0.4 is 11.1 Å². The van der Waals surface area contributed by atoms with Gasteiger partial charge < -0.3 is 15.5 Å². The molecular weight excluding hydrogens is 386 g/mol. The highest BCUT2D eigenvalue weighted by Gasteiger charge is 2.32. The molecule has 1 aromatic carbocycles. The number of amides is 2. The van der Waals surface area contributed by atoms with Gasteiger partial charge in [0.15, 0.2) is 0 Å². The summed E-state index contributed by atoms with van der Waals surface area (Å²) < 4.78 is 6.38. The van der Waals surface area contributed by atoms with E-state index < -0.39 is 5.91 Å². The second-order valence-corrected chi connectivity index (χ2v) is 7.65. The van der Waals surface area contributed by atoms with E-state index in [-0.39, 0.29) is 23.6 Å². The first kappa shape index (κ1) is 17.9. The number of primary amides is 1. The molecule has 25 heavy (non-hydrogen) atoms. The van der Waals surface area contributed by atoms with E-state index in [1.54, 1.807) is 12.1 Å². The van der Waals surface area contributed by atoms with Gasteiger partial charge in [0, 0.05) is 9.86 Å². The molecule has 3 rings (SSSR count). The molecule has 1 aliphatic rings. The number of hydrogen-bond acceptors (Lipinski definition) is 4. The van der Waals surface area contributed by atoms with Crippen molar-refractivity contribution in [2.45, 2.75) is 32.7 Å². The molecule has 134 valence electrons. The summed E-state index contributed by atoms with van der Waals surface area (Å²) in [6, 6.07) is 5.10. The van der Waals surface area contributed by atoms with Crippen LogP contribution in [-0.2, 0) is 4.79 Å². The normalized spacial score (nSPS) is 16.5. The number of furan rings is 1. The third kappa shape index (κ3) is 3.57. The molecule has 2 aromatic rings. The predicted octanol–water partition coefficient (Wildman–Crippen LogP) is 3.35. The largest absolute Gasteiger partial charge is 0.449 e. The van der Waals surface area contributed by atoms with E-state index in [2.05, 4.69) is 26.1 Å². The Morgan fingerprint density at radius 2 is 1.96 bits per heavy atom. The van der Waals surface area contributed by atoms with Crippen LogP contribution in [0.3, 0.4) is 0 Å². The van der Waals surface area contributed by atoms with Crippen molar-refractivity contribution in [3.8, 4) is 0 Å². The fraction of sp³-hybridized carbons (Fsp3) is 0.444. The lowest BCUT2D eigenvalue weighted by Crippen LogP contribution is -2.46. The van der Waals surface area contributed by atoms with Crippen LogP contribution in [0.2, 0.25) is 0 Å². The molecule has 1 unspecified atom stereocenters. The van der Waals surface area contributed by atoms with Crippen molar-refractivity contribution in [2.75, 3.05) is 18.4 Å². The molecule has 1 atom stereocenters.